The summed E-state index contributed by atoms with van der Waals surface area (Å²) in [5, 5.41) is 3.41. The second-order valence-corrected chi connectivity index (χ2v) is 8.70. The number of nitrogens with zero attached hydrogens (tertiary/aromatic N) is 3. The Morgan fingerprint density at radius 1 is 1.30 bits per heavy atom. The SMILES string of the molecule is C[C@H]1[C@H]2C[C@H](OCCC(=O)Nc3nc4ccc(Cl)nc4n3C3CCC3)C[C@@H]12. The number of imidazole rings is 1. The maximum atomic E-state index is 12.4. The van der Waals surface area contributed by atoms with Crippen molar-refractivity contribution >= 4 is 34.6 Å². The van der Waals surface area contributed by atoms with Gasteiger partial charge in [-0.05, 0) is 62.0 Å². The van der Waals surface area contributed by atoms with Crippen LogP contribution < -0.4 is 5.32 Å². The molecule has 0 aliphatic heterocycles. The largest absolute Gasteiger partial charge is 0.378 e. The van der Waals surface area contributed by atoms with Crippen molar-refractivity contribution in [3.8, 4) is 0 Å². The molecule has 3 aliphatic carbocycles. The molecule has 2 aromatic rings. The average molecular weight is 389 g/mol. The standard InChI is InChI=1S/C20H25ClN4O2/c1-11-14-9-13(10-15(11)14)27-8-7-18(26)24-20-22-16-5-6-17(21)23-19(16)25(20)12-3-2-4-12/h5-6,11-15H,2-4,7-10H2,1H3,(H,22,24,26)/t11-,13-,14+,15-. The highest BCUT2D eigenvalue weighted by molar-refractivity contribution is 6.29. The number of carbonyl (C=O) groups is 1. The molecule has 27 heavy (non-hydrogen) atoms. The van der Waals surface area contributed by atoms with E-state index >= 15 is 0 Å². The first-order valence-corrected chi connectivity index (χ1v) is 10.4. The van der Waals surface area contributed by atoms with Gasteiger partial charge in [0.15, 0.2) is 5.65 Å². The minimum absolute atomic E-state index is 0.0616. The number of anilines is 1. The van der Waals surface area contributed by atoms with E-state index in [1.165, 1.54) is 6.42 Å². The van der Waals surface area contributed by atoms with Crippen molar-refractivity contribution in [2.24, 2.45) is 17.8 Å². The van der Waals surface area contributed by atoms with Crippen LogP contribution in [0.2, 0.25) is 5.15 Å². The van der Waals surface area contributed by atoms with Gasteiger partial charge in [0.05, 0.1) is 19.1 Å². The monoisotopic (exact) mass is 388 g/mol. The molecule has 1 amide bonds. The van der Waals surface area contributed by atoms with Gasteiger partial charge < -0.3 is 4.74 Å². The first-order valence-electron chi connectivity index (χ1n) is 10.1. The number of amides is 1. The van der Waals surface area contributed by atoms with Crippen LogP contribution in [-0.4, -0.2) is 33.2 Å². The minimum Gasteiger partial charge on any atom is -0.378 e. The number of rotatable bonds is 6. The van der Waals surface area contributed by atoms with Gasteiger partial charge in [0.1, 0.15) is 10.7 Å². The van der Waals surface area contributed by atoms with Crippen molar-refractivity contribution < 1.29 is 9.53 Å². The molecule has 0 bridgehead atoms. The Morgan fingerprint density at radius 3 is 2.78 bits per heavy atom. The smallest absolute Gasteiger partial charge is 0.229 e. The quantitative estimate of drug-likeness (QED) is 0.753. The van der Waals surface area contributed by atoms with Crippen molar-refractivity contribution in [2.75, 3.05) is 11.9 Å². The highest BCUT2D eigenvalue weighted by Crippen LogP contribution is 2.57. The zero-order valence-corrected chi connectivity index (χ0v) is 16.3. The minimum atomic E-state index is -0.0616. The van der Waals surface area contributed by atoms with Gasteiger partial charge in [0.2, 0.25) is 11.9 Å². The molecule has 5 rings (SSSR count). The summed E-state index contributed by atoms with van der Waals surface area (Å²) in [4.78, 5) is 21.4. The van der Waals surface area contributed by atoms with Gasteiger partial charge in [-0.15, -0.1) is 0 Å². The van der Waals surface area contributed by atoms with Crippen LogP contribution in [0.4, 0.5) is 5.95 Å². The summed E-state index contributed by atoms with van der Waals surface area (Å²) in [5.41, 5.74) is 1.51. The number of halogens is 1. The number of pyridine rings is 1. The topological polar surface area (TPSA) is 69.0 Å². The molecule has 3 fully saturated rings. The van der Waals surface area contributed by atoms with Gasteiger partial charge in [-0.2, -0.15) is 0 Å². The molecule has 3 aliphatic rings. The lowest BCUT2D eigenvalue weighted by molar-refractivity contribution is -0.117. The van der Waals surface area contributed by atoms with Crippen molar-refractivity contribution in [1.82, 2.24) is 14.5 Å². The van der Waals surface area contributed by atoms with Crippen LogP contribution in [0.5, 0.6) is 0 Å². The third-order valence-electron chi connectivity index (χ3n) is 6.71. The van der Waals surface area contributed by atoms with E-state index < -0.39 is 0 Å². The van der Waals surface area contributed by atoms with Crippen molar-refractivity contribution in [1.29, 1.82) is 0 Å². The number of fused-ring (bicyclic) bond motifs is 2. The molecule has 7 heteroatoms. The van der Waals surface area contributed by atoms with Crippen LogP contribution in [0.1, 0.15) is 51.5 Å². The predicted octanol–water partition coefficient (Wildman–Crippen LogP) is 4.20. The maximum absolute atomic E-state index is 12.4. The van der Waals surface area contributed by atoms with Crippen LogP contribution in [0.25, 0.3) is 11.2 Å². The zero-order valence-electron chi connectivity index (χ0n) is 15.5. The highest BCUT2D eigenvalue weighted by Gasteiger charge is 2.53. The molecule has 6 nitrogen and oxygen atoms in total. The van der Waals surface area contributed by atoms with E-state index in [1.54, 1.807) is 6.07 Å². The summed E-state index contributed by atoms with van der Waals surface area (Å²) in [6.45, 7) is 2.80. The maximum Gasteiger partial charge on any atom is 0.229 e. The predicted molar refractivity (Wildman–Crippen MR) is 104 cm³/mol. The summed E-state index contributed by atoms with van der Waals surface area (Å²) < 4.78 is 7.96. The van der Waals surface area contributed by atoms with Crippen LogP contribution in [0.3, 0.4) is 0 Å². The molecule has 0 radical (unpaired) electrons. The van der Waals surface area contributed by atoms with E-state index in [2.05, 4.69) is 22.2 Å². The van der Waals surface area contributed by atoms with Crippen LogP contribution in [-0.2, 0) is 9.53 Å². The van der Waals surface area contributed by atoms with Crippen LogP contribution in [0.15, 0.2) is 12.1 Å². The van der Waals surface area contributed by atoms with Gasteiger partial charge in [-0.1, -0.05) is 18.5 Å². The molecule has 0 spiro atoms. The first-order chi connectivity index (χ1) is 13.1. The third-order valence-corrected chi connectivity index (χ3v) is 6.92. The summed E-state index contributed by atoms with van der Waals surface area (Å²) in [6, 6.07) is 3.92. The molecule has 0 unspecified atom stereocenters. The lowest BCUT2D eigenvalue weighted by atomic mass is 9.93. The van der Waals surface area contributed by atoms with Crippen molar-refractivity contribution in [3.63, 3.8) is 0 Å². The normalized spacial score (nSPS) is 29.6. The molecular weight excluding hydrogens is 364 g/mol. The molecule has 144 valence electrons. The Morgan fingerprint density at radius 2 is 2.07 bits per heavy atom. The number of ether oxygens (including phenoxy) is 1. The van der Waals surface area contributed by atoms with Crippen molar-refractivity contribution in [3.05, 3.63) is 17.3 Å². The van der Waals surface area contributed by atoms with Gasteiger partial charge in [-0.3, -0.25) is 14.7 Å². The van der Waals surface area contributed by atoms with E-state index in [0.717, 1.165) is 54.6 Å². The molecule has 3 saturated carbocycles. The van der Waals surface area contributed by atoms with Crippen molar-refractivity contribution in [2.45, 2.75) is 57.6 Å². The second-order valence-electron chi connectivity index (χ2n) is 8.32. The van der Waals surface area contributed by atoms with Gasteiger partial charge in [0.25, 0.3) is 0 Å². The first kappa shape index (κ1) is 17.4. The summed E-state index contributed by atoms with van der Waals surface area (Å²) in [5.74, 6) is 3.13. The van der Waals surface area contributed by atoms with Crippen LogP contribution in [0, 0.1) is 17.8 Å². The fourth-order valence-corrected chi connectivity index (χ4v) is 4.93. The Balaban J connectivity index is 1.22. The fourth-order valence-electron chi connectivity index (χ4n) is 4.79. The van der Waals surface area contributed by atoms with E-state index in [-0.39, 0.29) is 5.91 Å². The van der Waals surface area contributed by atoms with E-state index in [9.17, 15) is 4.79 Å². The third kappa shape index (κ3) is 3.23. The van der Waals surface area contributed by atoms with E-state index in [0.29, 0.717) is 36.3 Å². The molecule has 4 atom stereocenters. The Bertz CT molecular complexity index is 866. The number of carbonyl (C=O) groups excluding carboxylic acids is 1. The summed E-state index contributed by atoms with van der Waals surface area (Å²) >= 11 is 6.07. The highest BCUT2D eigenvalue weighted by atomic mass is 35.5. The molecule has 0 aromatic carbocycles. The van der Waals surface area contributed by atoms with Gasteiger partial charge in [0, 0.05) is 6.04 Å². The second kappa shape index (κ2) is 6.74. The lowest BCUT2D eigenvalue weighted by Crippen LogP contribution is -2.23. The van der Waals surface area contributed by atoms with E-state index in [4.69, 9.17) is 16.3 Å². The van der Waals surface area contributed by atoms with Gasteiger partial charge >= 0.3 is 0 Å². The van der Waals surface area contributed by atoms with Crippen LogP contribution >= 0.6 is 11.6 Å². The Labute approximate surface area is 163 Å². The molecule has 0 saturated heterocycles. The Kier molecular flexibility index (Phi) is 4.36. The van der Waals surface area contributed by atoms with E-state index in [1.807, 2.05) is 10.6 Å². The molecule has 2 aromatic heterocycles. The Hall–Kier alpha value is -1.66. The number of hydrogen-bond acceptors (Lipinski definition) is 4. The average Bonchev–Trinajstić information content (AvgIpc) is 2.96. The lowest BCUT2D eigenvalue weighted by Gasteiger charge is -2.28. The number of nitrogens with one attached hydrogen (secondary N) is 1. The number of aromatic nitrogens is 3. The molecule has 2 heterocycles. The van der Waals surface area contributed by atoms with Gasteiger partial charge in [-0.25, -0.2) is 9.97 Å². The fraction of sp³-hybridized carbons (Fsp3) is 0.650. The zero-order chi connectivity index (χ0) is 18.5. The molecule has 1 N–H and O–H groups in total. The summed E-state index contributed by atoms with van der Waals surface area (Å²) in [7, 11) is 0. The molecular formula is C20H25ClN4O2. The number of hydrogen-bond donors (Lipinski definition) is 1. The summed E-state index contributed by atoms with van der Waals surface area (Å²) in [6.07, 6.45) is 6.36.